The van der Waals surface area contributed by atoms with Crippen LogP contribution in [-0.2, 0) is 4.79 Å². The number of halogens is 1. The first kappa shape index (κ1) is 17.4. The van der Waals surface area contributed by atoms with Gasteiger partial charge in [-0.1, -0.05) is 25.5 Å². The van der Waals surface area contributed by atoms with Crippen LogP contribution in [-0.4, -0.2) is 29.4 Å². The summed E-state index contributed by atoms with van der Waals surface area (Å²) >= 11 is 0. The number of piperidine rings is 1. The molecule has 24 heavy (non-hydrogen) atoms. The third kappa shape index (κ3) is 3.97. The van der Waals surface area contributed by atoms with E-state index in [1.807, 2.05) is 6.07 Å². The van der Waals surface area contributed by atoms with Crippen LogP contribution in [0.5, 0.6) is 0 Å². The average molecular weight is 332 g/mol. The van der Waals surface area contributed by atoms with Gasteiger partial charge in [0.1, 0.15) is 5.82 Å². The third-order valence-corrected chi connectivity index (χ3v) is 5.86. The number of rotatable bonds is 6. The van der Waals surface area contributed by atoms with Crippen LogP contribution in [0, 0.1) is 11.7 Å². The van der Waals surface area contributed by atoms with E-state index in [4.69, 9.17) is 0 Å². The number of fused-ring (bicyclic) bond motifs is 2. The van der Waals surface area contributed by atoms with Gasteiger partial charge in [0.05, 0.1) is 6.04 Å². The van der Waals surface area contributed by atoms with Crippen LogP contribution in [0.4, 0.5) is 4.39 Å². The summed E-state index contributed by atoms with van der Waals surface area (Å²) in [4.78, 5) is 14.2. The van der Waals surface area contributed by atoms with Gasteiger partial charge < -0.3 is 5.32 Å². The van der Waals surface area contributed by atoms with Crippen molar-refractivity contribution in [1.29, 1.82) is 0 Å². The molecule has 0 saturated carbocycles. The molecule has 3 rings (SSSR count). The van der Waals surface area contributed by atoms with Gasteiger partial charge in [-0.15, -0.1) is 0 Å². The summed E-state index contributed by atoms with van der Waals surface area (Å²) in [5, 5.41) is 3.00. The molecule has 2 bridgehead atoms. The quantitative estimate of drug-likeness (QED) is 0.852. The molecule has 2 saturated heterocycles. The van der Waals surface area contributed by atoms with E-state index in [0.29, 0.717) is 12.1 Å². The zero-order valence-corrected chi connectivity index (χ0v) is 14.8. The Labute approximate surface area is 144 Å². The molecule has 1 N–H and O–H groups in total. The fourth-order valence-electron chi connectivity index (χ4n) is 4.65. The van der Waals surface area contributed by atoms with Crippen molar-refractivity contribution in [3.63, 3.8) is 0 Å². The van der Waals surface area contributed by atoms with Crippen molar-refractivity contribution in [3.8, 4) is 0 Å². The van der Waals surface area contributed by atoms with Crippen molar-refractivity contribution in [1.82, 2.24) is 10.2 Å². The Balaban J connectivity index is 1.65. The monoisotopic (exact) mass is 332 g/mol. The number of hydrogen-bond acceptors (Lipinski definition) is 2. The van der Waals surface area contributed by atoms with Gasteiger partial charge in [0.15, 0.2) is 0 Å². The Kier molecular flexibility index (Phi) is 5.54. The standard InChI is InChI=1S/C20H29FN2O/c1-3-15-11-18-7-8-19(12-15)23(18)10-9-20(22-14(2)24)16-5-4-6-17(21)13-16/h4-6,13,15,18-20H,3,7-12H2,1-2H3,(H,22,24)/t15?,18?,19?,20-/m0/s1. The number of carbonyl (C=O) groups is 1. The van der Waals surface area contributed by atoms with Crippen LogP contribution < -0.4 is 5.32 Å². The third-order valence-electron chi connectivity index (χ3n) is 5.86. The predicted molar refractivity (Wildman–Crippen MR) is 94.1 cm³/mol. The van der Waals surface area contributed by atoms with Crippen LogP contribution >= 0.6 is 0 Å². The van der Waals surface area contributed by atoms with E-state index < -0.39 is 0 Å². The van der Waals surface area contributed by atoms with Crippen molar-refractivity contribution in [2.45, 2.75) is 70.5 Å². The van der Waals surface area contributed by atoms with Gasteiger partial charge in [0.25, 0.3) is 0 Å². The highest BCUT2D eigenvalue weighted by Crippen LogP contribution is 2.40. The van der Waals surface area contributed by atoms with Gasteiger partial charge in [-0.3, -0.25) is 9.69 Å². The topological polar surface area (TPSA) is 32.3 Å². The van der Waals surface area contributed by atoms with Gasteiger partial charge in [0.2, 0.25) is 5.91 Å². The molecule has 3 atom stereocenters. The molecular formula is C20H29FN2O. The summed E-state index contributed by atoms with van der Waals surface area (Å²) < 4.78 is 13.6. The van der Waals surface area contributed by atoms with Gasteiger partial charge in [-0.25, -0.2) is 4.39 Å². The van der Waals surface area contributed by atoms with E-state index in [1.165, 1.54) is 45.1 Å². The number of amides is 1. The van der Waals surface area contributed by atoms with E-state index >= 15 is 0 Å². The molecule has 3 nitrogen and oxygen atoms in total. The highest BCUT2D eigenvalue weighted by molar-refractivity contribution is 5.73. The van der Waals surface area contributed by atoms with Crippen molar-refractivity contribution >= 4 is 5.91 Å². The molecule has 4 heteroatoms. The molecular weight excluding hydrogens is 303 g/mol. The summed E-state index contributed by atoms with van der Waals surface area (Å²) in [7, 11) is 0. The lowest BCUT2D eigenvalue weighted by Gasteiger charge is -2.39. The van der Waals surface area contributed by atoms with Crippen LogP contribution in [0.3, 0.4) is 0 Å². The predicted octanol–water partition coefficient (Wildman–Crippen LogP) is 4.05. The number of nitrogens with one attached hydrogen (secondary N) is 1. The molecule has 2 aliphatic rings. The molecule has 1 aromatic rings. The van der Waals surface area contributed by atoms with Gasteiger partial charge in [0, 0.05) is 25.6 Å². The molecule has 2 unspecified atom stereocenters. The zero-order chi connectivity index (χ0) is 17.1. The molecule has 0 aromatic heterocycles. The van der Waals surface area contributed by atoms with E-state index in [2.05, 4.69) is 17.1 Å². The second-order valence-corrected chi connectivity index (χ2v) is 7.47. The Morgan fingerprint density at radius 1 is 1.33 bits per heavy atom. The van der Waals surface area contributed by atoms with E-state index in [0.717, 1.165) is 24.4 Å². The maximum atomic E-state index is 13.6. The lowest BCUT2D eigenvalue weighted by Crippen LogP contribution is -2.44. The lowest BCUT2D eigenvalue weighted by molar-refractivity contribution is -0.119. The molecule has 2 heterocycles. The fourth-order valence-corrected chi connectivity index (χ4v) is 4.65. The van der Waals surface area contributed by atoms with E-state index in [-0.39, 0.29) is 17.8 Å². The molecule has 0 radical (unpaired) electrons. The van der Waals surface area contributed by atoms with Crippen molar-refractivity contribution < 1.29 is 9.18 Å². The summed E-state index contributed by atoms with van der Waals surface area (Å²) in [5.74, 6) is 0.580. The minimum Gasteiger partial charge on any atom is -0.349 e. The molecule has 1 aromatic carbocycles. The highest BCUT2D eigenvalue weighted by Gasteiger charge is 2.39. The van der Waals surface area contributed by atoms with Gasteiger partial charge >= 0.3 is 0 Å². The smallest absolute Gasteiger partial charge is 0.217 e. The minimum absolute atomic E-state index is 0.0584. The number of hydrogen-bond donors (Lipinski definition) is 1. The Morgan fingerprint density at radius 2 is 2.04 bits per heavy atom. The summed E-state index contributed by atoms with van der Waals surface area (Å²) in [6, 6.07) is 7.92. The first-order chi connectivity index (χ1) is 11.6. The zero-order valence-electron chi connectivity index (χ0n) is 14.8. The Morgan fingerprint density at radius 3 is 2.62 bits per heavy atom. The Hall–Kier alpha value is -1.42. The normalized spacial score (nSPS) is 27.9. The molecule has 2 fully saturated rings. The molecule has 1 amide bonds. The van der Waals surface area contributed by atoms with Gasteiger partial charge in [-0.2, -0.15) is 0 Å². The summed E-state index contributed by atoms with van der Waals surface area (Å²) in [5.41, 5.74) is 0.862. The van der Waals surface area contributed by atoms with Gasteiger partial charge in [-0.05, 0) is 55.7 Å². The lowest BCUT2D eigenvalue weighted by atomic mass is 9.88. The molecule has 0 spiro atoms. The van der Waals surface area contributed by atoms with Crippen LogP contribution in [0.1, 0.15) is 64.0 Å². The van der Waals surface area contributed by atoms with Crippen molar-refractivity contribution in [2.24, 2.45) is 5.92 Å². The second-order valence-electron chi connectivity index (χ2n) is 7.47. The molecule has 0 aliphatic carbocycles. The highest BCUT2D eigenvalue weighted by atomic mass is 19.1. The van der Waals surface area contributed by atoms with Crippen LogP contribution in [0.15, 0.2) is 24.3 Å². The number of nitrogens with zero attached hydrogens (tertiary/aromatic N) is 1. The summed E-state index contributed by atoms with van der Waals surface area (Å²) in [6.45, 7) is 4.81. The second kappa shape index (κ2) is 7.64. The average Bonchev–Trinajstić information content (AvgIpc) is 2.79. The van der Waals surface area contributed by atoms with E-state index in [9.17, 15) is 9.18 Å². The fraction of sp³-hybridized carbons (Fsp3) is 0.650. The first-order valence-electron chi connectivity index (χ1n) is 9.35. The summed E-state index contributed by atoms with van der Waals surface area (Å²) in [6.07, 6.45) is 7.39. The number of benzene rings is 1. The maximum Gasteiger partial charge on any atom is 0.217 e. The minimum atomic E-state index is -0.244. The molecule has 132 valence electrons. The Bertz CT molecular complexity index is 563. The maximum absolute atomic E-state index is 13.6. The first-order valence-corrected chi connectivity index (χ1v) is 9.35. The SMILES string of the molecule is CCC1CC2CCC(C1)N2CC[C@H](NC(C)=O)c1cccc(F)c1. The molecule has 2 aliphatic heterocycles. The van der Waals surface area contributed by atoms with Crippen molar-refractivity contribution in [3.05, 3.63) is 35.6 Å². The van der Waals surface area contributed by atoms with Crippen LogP contribution in [0.2, 0.25) is 0 Å². The van der Waals surface area contributed by atoms with Crippen LogP contribution in [0.25, 0.3) is 0 Å². The van der Waals surface area contributed by atoms with Crippen molar-refractivity contribution in [2.75, 3.05) is 6.54 Å². The number of carbonyl (C=O) groups excluding carboxylic acids is 1. The van der Waals surface area contributed by atoms with E-state index in [1.54, 1.807) is 12.1 Å². The largest absolute Gasteiger partial charge is 0.349 e.